The number of carbonyl (C=O) groups excluding carboxylic acids is 1. The molecule has 1 amide bonds. The van der Waals surface area contributed by atoms with E-state index in [0.29, 0.717) is 12.1 Å². The van der Waals surface area contributed by atoms with Crippen LogP contribution in [0.25, 0.3) is 11.0 Å². The monoisotopic (exact) mass is 442 g/mol. The van der Waals surface area contributed by atoms with Gasteiger partial charge in [-0.05, 0) is 48.4 Å². The SMILES string of the molecule is CNc1c(C(=O)Nc2cc(NCc3ccnc(C(C)(C)C)c3)ccc2C)cnc2[nH]ccc12. The molecule has 0 bridgehead atoms. The van der Waals surface area contributed by atoms with E-state index in [-0.39, 0.29) is 11.3 Å². The van der Waals surface area contributed by atoms with Crippen LogP contribution in [0.2, 0.25) is 0 Å². The minimum absolute atomic E-state index is 0.00177. The molecule has 4 N–H and O–H groups in total. The van der Waals surface area contributed by atoms with Crippen molar-refractivity contribution in [1.82, 2.24) is 15.0 Å². The number of hydrogen-bond acceptors (Lipinski definition) is 5. The lowest BCUT2D eigenvalue weighted by Crippen LogP contribution is -2.16. The summed E-state index contributed by atoms with van der Waals surface area (Å²) in [5.41, 5.74) is 6.87. The first-order valence-corrected chi connectivity index (χ1v) is 11.0. The third-order valence-electron chi connectivity index (χ3n) is 5.66. The van der Waals surface area contributed by atoms with Crippen LogP contribution in [-0.2, 0) is 12.0 Å². The van der Waals surface area contributed by atoms with Crippen molar-refractivity contribution in [2.24, 2.45) is 0 Å². The second kappa shape index (κ2) is 8.94. The van der Waals surface area contributed by atoms with Gasteiger partial charge >= 0.3 is 0 Å². The summed E-state index contributed by atoms with van der Waals surface area (Å²) in [6, 6.07) is 12.0. The molecule has 0 spiro atoms. The molecule has 170 valence electrons. The summed E-state index contributed by atoms with van der Waals surface area (Å²) in [6.45, 7) is 9.11. The van der Waals surface area contributed by atoms with Gasteiger partial charge in [0.2, 0.25) is 0 Å². The van der Waals surface area contributed by atoms with Crippen LogP contribution in [0.3, 0.4) is 0 Å². The van der Waals surface area contributed by atoms with Gasteiger partial charge in [-0.2, -0.15) is 0 Å². The van der Waals surface area contributed by atoms with Crippen molar-refractivity contribution in [3.8, 4) is 0 Å². The van der Waals surface area contributed by atoms with Crippen LogP contribution in [0.1, 0.15) is 48.0 Å². The number of carbonyl (C=O) groups is 1. The van der Waals surface area contributed by atoms with E-state index in [0.717, 1.165) is 44.9 Å². The normalized spacial score (nSPS) is 11.4. The molecule has 7 heteroatoms. The van der Waals surface area contributed by atoms with Gasteiger partial charge in [-0.3, -0.25) is 9.78 Å². The number of hydrogen-bond donors (Lipinski definition) is 4. The Labute approximate surface area is 194 Å². The maximum Gasteiger partial charge on any atom is 0.259 e. The highest BCUT2D eigenvalue weighted by Gasteiger charge is 2.17. The van der Waals surface area contributed by atoms with Crippen LogP contribution in [0.4, 0.5) is 17.1 Å². The number of anilines is 3. The number of aromatic nitrogens is 3. The van der Waals surface area contributed by atoms with Gasteiger partial charge < -0.3 is 20.9 Å². The maximum atomic E-state index is 13.1. The van der Waals surface area contributed by atoms with Crippen LogP contribution < -0.4 is 16.0 Å². The number of nitrogens with zero attached hydrogens (tertiary/aromatic N) is 2. The Hall–Kier alpha value is -3.87. The molecule has 0 atom stereocenters. The number of aryl methyl sites for hydroxylation is 1. The first-order valence-electron chi connectivity index (χ1n) is 11.0. The number of nitrogens with one attached hydrogen (secondary N) is 4. The molecule has 0 saturated heterocycles. The molecule has 0 aliphatic rings. The molecule has 0 saturated carbocycles. The molecule has 0 fully saturated rings. The lowest BCUT2D eigenvalue weighted by atomic mass is 9.91. The average Bonchev–Trinajstić information content (AvgIpc) is 3.27. The maximum absolute atomic E-state index is 13.1. The molecule has 4 aromatic rings. The van der Waals surface area contributed by atoms with Crippen LogP contribution in [0.5, 0.6) is 0 Å². The van der Waals surface area contributed by atoms with E-state index < -0.39 is 0 Å². The Morgan fingerprint density at radius 2 is 1.91 bits per heavy atom. The quantitative estimate of drug-likeness (QED) is 0.318. The number of rotatable bonds is 6. The summed E-state index contributed by atoms with van der Waals surface area (Å²) in [7, 11) is 1.80. The summed E-state index contributed by atoms with van der Waals surface area (Å²) >= 11 is 0. The third-order valence-corrected chi connectivity index (χ3v) is 5.66. The zero-order chi connectivity index (χ0) is 23.6. The van der Waals surface area contributed by atoms with E-state index >= 15 is 0 Å². The first-order chi connectivity index (χ1) is 15.8. The van der Waals surface area contributed by atoms with Gasteiger partial charge in [-0.15, -0.1) is 0 Å². The highest BCUT2D eigenvalue weighted by atomic mass is 16.1. The van der Waals surface area contributed by atoms with E-state index in [4.69, 9.17) is 0 Å². The first kappa shape index (κ1) is 22.3. The molecule has 0 unspecified atom stereocenters. The highest BCUT2D eigenvalue weighted by Crippen LogP contribution is 2.27. The summed E-state index contributed by atoms with van der Waals surface area (Å²) in [5, 5.41) is 10.5. The Morgan fingerprint density at radius 1 is 1.09 bits per heavy atom. The van der Waals surface area contributed by atoms with Gasteiger partial charge in [0.25, 0.3) is 5.91 Å². The fourth-order valence-electron chi connectivity index (χ4n) is 3.70. The molecule has 0 aliphatic carbocycles. The van der Waals surface area contributed by atoms with Crippen molar-refractivity contribution >= 4 is 34.0 Å². The van der Waals surface area contributed by atoms with Crippen molar-refractivity contribution in [1.29, 1.82) is 0 Å². The number of H-pyrrole nitrogens is 1. The lowest BCUT2D eigenvalue weighted by Gasteiger charge is -2.18. The Bertz CT molecular complexity index is 1300. The molecule has 0 radical (unpaired) electrons. The summed E-state index contributed by atoms with van der Waals surface area (Å²) < 4.78 is 0. The average molecular weight is 443 g/mol. The number of fused-ring (bicyclic) bond motifs is 1. The van der Waals surface area contributed by atoms with Gasteiger partial charge in [0.15, 0.2) is 0 Å². The molecule has 7 nitrogen and oxygen atoms in total. The fourth-order valence-corrected chi connectivity index (χ4v) is 3.70. The summed E-state index contributed by atoms with van der Waals surface area (Å²) in [5.74, 6) is -0.209. The fraction of sp³-hybridized carbons (Fsp3) is 0.269. The summed E-state index contributed by atoms with van der Waals surface area (Å²) in [4.78, 5) is 25.0. The van der Waals surface area contributed by atoms with Crippen LogP contribution in [-0.4, -0.2) is 27.9 Å². The van der Waals surface area contributed by atoms with Gasteiger partial charge in [-0.1, -0.05) is 26.8 Å². The smallest absolute Gasteiger partial charge is 0.259 e. The Balaban J connectivity index is 1.52. The molecular weight excluding hydrogens is 412 g/mol. The van der Waals surface area contributed by atoms with Crippen LogP contribution >= 0.6 is 0 Å². The molecule has 4 rings (SSSR count). The van der Waals surface area contributed by atoms with E-state index in [1.54, 1.807) is 13.2 Å². The van der Waals surface area contributed by atoms with Crippen molar-refractivity contribution in [3.63, 3.8) is 0 Å². The second-order valence-electron chi connectivity index (χ2n) is 9.17. The zero-order valence-corrected chi connectivity index (χ0v) is 19.7. The Kier molecular flexibility index (Phi) is 6.05. The van der Waals surface area contributed by atoms with Crippen molar-refractivity contribution in [2.75, 3.05) is 23.0 Å². The van der Waals surface area contributed by atoms with Crippen molar-refractivity contribution < 1.29 is 4.79 Å². The minimum Gasteiger partial charge on any atom is -0.387 e. The molecule has 33 heavy (non-hydrogen) atoms. The van der Waals surface area contributed by atoms with E-state index in [1.165, 1.54) is 0 Å². The van der Waals surface area contributed by atoms with Crippen LogP contribution in [0.15, 0.2) is 55.0 Å². The molecule has 0 aliphatic heterocycles. The molecule has 3 aromatic heterocycles. The van der Waals surface area contributed by atoms with Gasteiger partial charge in [0.1, 0.15) is 5.65 Å². The number of amides is 1. The topological polar surface area (TPSA) is 94.7 Å². The van der Waals surface area contributed by atoms with Crippen molar-refractivity contribution in [2.45, 2.75) is 39.7 Å². The number of aromatic amines is 1. The molecule has 1 aromatic carbocycles. The standard InChI is InChI=1S/C26H30N6O/c1-16-6-7-18(30-14-17-8-10-28-22(12-17)26(2,3)4)13-21(16)32-25(33)20-15-31-24-19(9-11-29-24)23(20)27-5/h6-13,15,30H,14H2,1-5H3,(H,32,33)(H2,27,29,31). The van der Waals surface area contributed by atoms with Gasteiger partial charge in [-0.25, -0.2) is 4.98 Å². The zero-order valence-electron chi connectivity index (χ0n) is 19.7. The minimum atomic E-state index is -0.209. The van der Waals surface area contributed by atoms with E-state index in [1.807, 2.05) is 49.6 Å². The second-order valence-corrected chi connectivity index (χ2v) is 9.17. The third kappa shape index (κ3) is 4.82. The van der Waals surface area contributed by atoms with Gasteiger partial charge in [0, 0.05) is 60.1 Å². The van der Waals surface area contributed by atoms with Crippen LogP contribution in [0, 0.1) is 6.92 Å². The summed E-state index contributed by atoms with van der Waals surface area (Å²) in [6.07, 6.45) is 5.26. The number of pyridine rings is 2. The van der Waals surface area contributed by atoms with Crippen molar-refractivity contribution in [3.05, 3.63) is 77.4 Å². The largest absolute Gasteiger partial charge is 0.387 e. The predicted molar refractivity (Wildman–Crippen MR) is 135 cm³/mol. The Morgan fingerprint density at radius 3 is 2.67 bits per heavy atom. The molecular formula is C26H30N6O. The van der Waals surface area contributed by atoms with E-state index in [9.17, 15) is 4.79 Å². The lowest BCUT2D eigenvalue weighted by molar-refractivity contribution is 0.102. The van der Waals surface area contributed by atoms with Gasteiger partial charge in [0.05, 0.1) is 11.3 Å². The molecule has 3 heterocycles. The highest BCUT2D eigenvalue weighted by molar-refractivity contribution is 6.12. The number of benzene rings is 1. The van der Waals surface area contributed by atoms with E-state index in [2.05, 4.69) is 57.7 Å². The predicted octanol–water partition coefficient (Wildman–Crippen LogP) is 5.47.